The maximum Gasteiger partial charge on any atom is 0.171 e. The van der Waals surface area contributed by atoms with Crippen LogP contribution in [0.2, 0.25) is 5.02 Å². The number of aromatic nitrogens is 3. The van der Waals surface area contributed by atoms with Crippen molar-refractivity contribution in [2.24, 2.45) is 0 Å². The Balaban J connectivity index is 2.12. The van der Waals surface area contributed by atoms with E-state index in [0.29, 0.717) is 16.4 Å². The van der Waals surface area contributed by atoms with Crippen molar-refractivity contribution >= 4 is 34.0 Å². The summed E-state index contributed by atoms with van der Waals surface area (Å²) in [6.07, 6.45) is 3.16. The van der Waals surface area contributed by atoms with Crippen LogP contribution in [0.15, 0.2) is 42.7 Å². The van der Waals surface area contributed by atoms with Crippen molar-refractivity contribution in [2.75, 3.05) is 5.32 Å². The van der Waals surface area contributed by atoms with E-state index in [-0.39, 0.29) is 0 Å². The van der Waals surface area contributed by atoms with Crippen molar-refractivity contribution in [3.8, 4) is 6.07 Å². The third kappa shape index (κ3) is 2.13. The molecule has 0 atom stereocenters. The molecule has 0 aliphatic carbocycles. The summed E-state index contributed by atoms with van der Waals surface area (Å²) in [5.41, 5.74) is 1.86. The van der Waals surface area contributed by atoms with Crippen LogP contribution in [0.5, 0.6) is 0 Å². The second-order valence-electron chi connectivity index (χ2n) is 4.02. The molecule has 0 saturated heterocycles. The highest BCUT2D eigenvalue weighted by molar-refractivity contribution is 6.35. The predicted octanol–water partition coefficient (Wildman–Crippen LogP) is 3.29. The number of nitriles is 1. The molecule has 6 heteroatoms. The number of halogens is 1. The van der Waals surface area contributed by atoms with Gasteiger partial charge in [-0.2, -0.15) is 10.4 Å². The molecule has 3 aromatic rings. The molecule has 1 aromatic carbocycles. The number of benzene rings is 1. The van der Waals surface area contributed by atoms with Crippen molar-refractivity contribution in [1.29, 1.82) is 5.26 Å². The Kier molecular flexibility index (Phi) is 3.15. The fourth-order valence-electron chi connectivity index (χ4n) is 1.88. The molecule has 2 aromatic heterocycles. The number of pyridine rings is 1. The van der Waals surface area contributed by atoms with Gasteiger partial charge in [-0.1, -0.05) is 11.6 Å². The van der Waals surface area contributed by atoms with Crippen LogP contribution in [-0.4, -0.2) is 15.2 Å². The summed E-state index contributed by atoms with van der Waals surface area (Å²) in [5, 5.41) is 21.3. The Labute approximate surface area is 119 Å². The van der Waals surface area contributed by atoms with E-state index < -0.39 is 0 Å². The zero-order valence-corrected chi connectivity index (χ0v) is 11.0. The Bertz CT molecular complexity index is 825. The summed E-state index contributed by atoms with van der Waals surface area (Å²) in [6.45, 7) is 0. The molecule has 5 nitrogen and oxygen atoms in total. The first-order valence-electron chi connectivity index (χ1n) is 5.81. The molecule has 0 saturated carbocycles. The van der Waals surface area contributed by atoms with Crippen LogP contribution in [0, 0.1) is 11.3 Å². The summed E-state index contributed by atoms with van der Waals surface area (Å²) < 4.78 is 0. The van der Waals surface area contributed by atoms with Gasteiger partial charge in [-0.3, -0.25) is 4.98 Å². The van der Waals surface area contributed by atoms with E-state index in [4.69, 9.17) is 16.9 Å². The van der Waals surface area contributed by atoms with Crippen molar-refractivity contribution in [1.82, 2.24) is 15.2 Å². The minimum atomic E-state index is 0.393. The number of anilines is 2. The summed E-state index contributed by atoms with van der Waals surface area (Å²) in [4.78, 5) is 4.32. The van der Waals surface area contributed by atoms with Gasteiger partial charge in [0.15, 0.2) is 5.82 Å². The third-order valence-electron chi connectivity index (χ3n) is 2.81. The lowest BCUT2D eigenvalue weighted by molar-refractivity contribution is 1.03. The lowest BCUT2D eigenvalue weighted by Crippen LogP contribution is -1.99. The van der Waals surface area contributed by atoms with Gasteiger partial charge in [0.1, 0.15) is 6.07 Å². The van der Waals surface area contributed by atoms with Crippen molar-refractivity contribution < 1.29 is 0 Å². The zero-order chi connectivity index (χ0) is 13.9. The van der Waals surface area contributed by atoms with E-state index in [1.165, 1.54) is 6.20 Å². The number of nitrogens with one attached hydrogen (secondary N) is 1. The van der Waals surface area contributed by atoms with E-state index in [1.807, 2.05) is 12.1 Å². The van der Waals surface area contributed by atoms with Crippen LogP contribution in [0.4, 0.5) is 11.5 Å². The second-order valence-corrected chi connectivity index (χ2v) is 4.43. The normalized spacial score (nSPS) is 10.2. The standard InChI is InChI=1S/C14H8ClN5/c15-11-3-4-12(13-10(11)2-1-6-17-13)19-14-9(8-16)5-7-18-20-14/h1-7H,(H,19,20). The molecule has 3 rings (SSSR count). The van der Waals surface area contributed by atoms with Gasteiger partial charge >= 0.3 is 0 Å². The van der Waals surface area contributed by atoms with Crippen LogP contribution < -0.4 is 5.32 Å². The highest BCUT2D eigenvalue weighted by atomic mass is 35.5. The van der Waals surface area contributed by atoms with Crippen LogP contribution in [0.25, 0.3) is 10.9 Å². The smallest absolute Gasteiger partial charge is 0.171 e. The van der Waals surface area contributed by atoms with Gasteiger partial charge < -0.3 is 5.32 Å². The van der Waals surface area contributed by atoms with Crippen molar-refractivity contribution in [3.63, 3.8) is 0 Å². The number of hydrogen-bond acceptors (Lipinski definition) is 5. The Morgan fingerprint density at radius 1 is 1.15 bits per heavy atom. The molecule has 2 heterocycles. The minimum absolute atomic E-state index is 0.393. The summed E-state index contributed by atoms with van der Waals surface area (Å²) >= 11 is 6.14. The molecule has 96 valence electrons. The van der Waals surface area contributed by atoms with E-state index >= 15 is 0 Å². The Morgan fingerprint density at radius 3 is 2.90 bits per heavy atom. The number of nitrogens with zero attached hydrogens (tertiary/aromatic N) is 4. The zero-order valence-electron chi connectivity index (χ0n) is 10.2. The van der Waals surface area contributed by atoms with Crippen LogP contribution in [0.1, 0.15) is 5.56 Å². The molecule has 0 fully saturated rings. The summed E-state index contributed by atoms with van der Waals surface area (Å²) in [5.74, 6) is 0.393. The van der Waals surface area contributed by atoms with Crippen molar-refractivity contribution in [3.05, 3.63) is 53.3 Å². The molecular formula is C14H8ClN5. The molecular weight excluding hydrogens is 274 g/mol. The first-order valence-corrected chi connectivity index (χ1v) is 6.19. The highest BCUT2D eigenvalue weighted by Gasteiger charge is 2.09. The molecule has 0 aliphatic heterocycles. The van der Waals surface area contributed by atoms with Gasteiger partial charge in [0.2, 0.25) is 0 Å². The minimum Gasteiger partial charge on any atom is -0.336 e. The molecule has 20 heavy (non-hydrogen) atoms. The SMILES string of the molecule is N#Cc1ccnnc1Nc1ccc(Cl)c2cccnc12. The van der Waals surface area contributed by atoms with Gasteiger partial charge in [-0.05, 0) is 30.3 Å². The van der Waals surface area contributed by atoms with E-state index in [9.17, 15) is 0 Å². The largest absolute Gasteiger partial charge is 0.336 e. The number of hydrogen-bond donors (Lipinski definition) is 1. The highest BCUT2D eigenvalue weighted by Crippen LogP contribution is 2.29. The average molecular weight is 282 g/mol. The number of rotatable bonds is 2. The van der Waals surface area contributed by atoms with Crippen LogP contribution in [-0.2, 0) is 0 Å². The quantitative estimate of drug-likeness (QED) is 0.780. The molecule has 0 aliphatic rings. The monoisotopic (exact) mass is 281 g/mol. The summed E-state index contributed by atoms with van der Waals surface area (Å²) in [6, 6.07) is 10.9. The van der Waals surface area contributed by atoms with E-state index in [0.717, 1.165) is 16.6 Å². The van der Waals surface area contributed by atoms with Crippen LogP contribution in [0.3, 0.4) is 0 Å². The Morgan fingerprint density at radius 2 is 2.05 bits per heavy atom. The fourth-order valence-corrected chi connectivity index (χ4v) is 2.10. The molecule has 0 amide bonds. The first kappa shape index (κ1) is 12.3. The molecule has 1 N–H and O–H groups in total. The third-order valence-corrected chi connectivity index (χ3v) is 3.14. The van der Waals surface area contributed by atoms with Crippen LogP contribution >= 0.6 is 11.6 Å². The molecule has 0 bridgehead atoms. The van der Waals surface area contributed by atoms with E-state index in [2.05, 4.69) is 26.6 Å². The second kappa shape index (κ2) is 5.11. The Hall–Kier alpha value is -2.71. The maximum absolute atomic E-state index is 9.06. The van der Waals surface area contributed by atoms with Gasteiger partial charge in [0.25, 0.3) is 0 Å². The van der Waals surface area contributed by atoms with E-state index in [1.54, 1.807) is 24.4 Å². The summed E-state index contributed by atoms with van der Waals surface area (Å²) in [7, 11) is 0. The first-order chi connectivity index (χ1) is 9.79. The maximum atomic E-state index is 9.06. The lowest BCUT2D eigenvalue weighted by atomic mass is 10.2. The topological polar surface area (TPSA) is 74.5 Å². The van der Waals surface area contributed by atoms with Gasteiger partial charge in [-0.25, -0.2) is 0 Å². The van der Waals surface area contributed by atoms with Crippen molar-refractivity contribution in [2.45, 2.75) is 0 Å². The predicted molar refractivity (Wildman–Crippen MR) is 76.8 cm³/mol. The lowest BCUT2D eigenvalue weighted by Gasteiger charge is -2.09. The van der Waals surface area contributed by atoms with Gasteiger partial charge in [0, 0.05) is 11.6 Å². The molecule has 0 radical (unpaired) electrons. The fraction of sp³-hybridized carbons (Fsp3) is 0. The molecule has 0 spiro atoms. The van der Waals surface area contributed by atoms with Gasteiger partial charge in [-0.15, -0.1) is 5.10 Å². The molecule has 0 unspecified atom stereocenters. The number of fused-ring (bicyclic) bond motifs is 1. The van der Waals surface area contributed by atoms with Gasteiger partial charge in [0.05, 0.1) is 28.0 Å². The average Bonchev–Trinajstić information content (AvgIpc) is 2.51.